The predicted octanol–water partition coefficient (Wildman–Crippen LogP) is 7.98. The van der Waals surface area contributed by atoms with E-state index in [-0.39, 0.29) is 0 Å². The molecule has 0 heterocycles. The molecule has 0 aliphatic rings. The normalized spacial score (nSPS) is 15.6. The van der Waals surface area contributed by atoms with Crippen LogP contribution in [0.4, 0.5) is 65.9 Å². The third-order valence-electron chi connectivity index (χ3n) is 4.37. The van der Waals surface area contributed by atoms with E-state index in [1.807, 2.05) is 0 Å². The summed E-state index contributed by atoms with van der Waals surface area (Å²) < 4.78 is 207. The third-order valence-corrected chi connectivity index (χ3v) is 5.21. The van der Waals surface area contributed by atoms with Crippen molar-refractivity contribution in [2.75, 3.05) is 0 Å². The Hall–Kier alpha value is -2.40. The Morgan fingerprint density at radius 3 is 1.41 bits per heavy atom. The SMILES string of the molecule is C[Si](C)(C)O/C(=C/C(=O)c1ccccc1)C(F)(F)C(F)(F)C(F)(F)C(F)(F)C(F)(F)C(F)(F)C(F)(F)F. The highest BCUT2D eigenvalue weighted by atomic mass is 28.4. The van der Waals surface area contributed by atoms with Crippen LogP contribution >= 0.6 is 0 Å². The van der Waals surface area contributed by atoms with Crippen LogP contribution in [0.5, 0.6) is 0 Å². The molecule has 0 spiro atoms. The number of carbonyl (C=O) groups is 1. The van der Waals surface area contributed by atoms with E-state index in [0.717, 1.165) is 43.9 Å². The van der Waals surface area contributed by atoms with Crippen molar-refractivity contribution in [3.05, 3.63) is 47.7 Å². The van der Waals surface area contributed by atoms with Gasteiger partial charge in [0.05, 0.1) is 0 Å². The first kappa shape index (κ1) is 32.6. The molecule has 0 saturated heterocycles. The third kappa shape index (κ3) is 5.43. The van der Waals surface area contributed by atoms with Gasteiger partial charge in [-0.25, -0.2) is 0 Å². The molecule has 1 aromatic carbocycles. The number of hydrogen-bond acceptors (Lipinski definition) is 2. The standard InChI is InChI=1S/C19H15F15O2Si/c1-37(2,3)36-12(9-11(35)10-7-5-4-6-8-10)13(20,21)14(22,23)15(24,25)16(26,27)17(28,29)18(30,31)19(32,33)34/h4-9H,1-3H3/b12-9+. The molecule has 0 saturated carbocycles. The van der Waals surface area contributed by atoms with Gasteiger partial charge < -0.3 is 4.43 Å². The van der Waals surface area contributed by atoms with E-state index < -0.39 is 73.2 Å². The second-order valence-corrected chi connectivity index (χ2v) is 12.8. The first-order chi connectivity index (χ1) is 16.1. The number of halogens is 15. The maximum absolute atomic E-state index is 14.7. The van der Waals surface area contributed by atoms with Crippen molar-refractivity contribution < 1.29 is 75.1 Å². The number of hydrogen-bond donors (Lipinski definition) is 0. The molecular weight excluding hydrogens is 573 g/mol. The highest BCUT2D eigenvalue weighted by Gasteiger charge is 2.93. The smallest absolute Gasteiger partial charge is 0.460 e. The lowest BCUT2D eigenvalue weighted by Gasteiger charge is -2.42. The van der Waals surface area contributed by atoms with Crippen LogP contribution in [0.15, 0.2) is 42.2 Å². The van der Waals surface area contributed by atoms with Gasteiger partial charge in [-0.1, -0.05) is 30.3 Å². The number of carbonyl (C=O) groups excluding carboxylic acids is 1. The Bertz CT molecular complexity index is 1010. The summed E-state index contributed by atoms with van der Waals surface area (Å²) in [6, 6.07) is 5.30. The maximum Gasteiger partial charge on any atom is 0.460 e. The van der Waals surface area contributed by atoms with E-state index in [1.54, 1.807) is 0 Å². The van der Waals surface area contributed by atoms with Crippen molar-refractivity contribution in [3.63, 3.8) is 0 Å². The van der Waals surface area contributed by atoms with Gasteiger partial charge in [0.15, 0.2) is 11.5 Å². The van der Waals surface area contributed by atoms with Gasteiger partial charge >= 0.3 is 41.7 Å². The average Bonchev–Trinajstić information content (AvgIpc) is 2.71. The van der Waals surface area contributed by atoms with Crippen LogP contribution in [0.3, 0.4) is 0 Å². The van der Waals surface area contributed by atoms with Crippen molar-refractivity contribution in [3.8, 4) is 0 Å². The summed E-state index contributed by atoms with van der Waals surface area (Å²) in [5.41, 5.74) is -0.563. The second kappa shape index (κ2) is 9.41. The van der Waals surface area contributed by atoms with Gasteiger partial charge in [-0.15, -0.1) is 0 Å². The van der Waals surface area contributed by atoms with Crippen molar-refractivity contribution in [1.29, 1.82) is 0 Å². The Morgan fingerprint density at radius 1 is 0.649 bits per heavy atom. The first-order valence-corrected chi connectivity index (χ1v) is 12.8. The van der Waals surface area contributed by atoms with Gasteiger partial charge in [0.25, 0.3) is 0 Å². The Labute approximate surface area is 199 Å². The summed E-state index contributed by atoms with van der Waals surface area (Å²) in [7, 11) is -3.66. The zero-order valence-electron chi connectivity index (χ0n) is 18.5. The number of ketones is 1. The molecule has 1 rings (SSSR count). The van der Waals surface area contributed by atoms with Crippen LogP contribution < -0.4 is 0 Å². The molecule has 2 nitrogen and oxygen atoms in total. The molecule has 0 bridgehead atoms. The maximum atomic E-state index is 14.7. The minimum Gasteiger partial charge on any atom is -0.543 e. The molecule has 0 aliphatic carbocycles. The summed E-state index contributed by atoms with van der Waals surface area (Å²) in [5, 5.41) is 0. The van der Waals surface area contributed by atoms with Crippen LogP contribution in [0.1, 0.15) is 10.4 Å². The van der Waals surface area contributed by atoms with Gasteiger partial charge in [0, 0.05) is 11.6 Å². The average molecular weight is 588 g/mol. The topological polar surface area (TPSA) is 26.3 Å². The summed E-state index contributed by atoms with van der Waals surface area (Å²) in [6.07, 6.45) is -8.24. The lowest BCUT2D eigenvalue weighted by atomic mass is 9.90. The minimum absolute atomic E-state index is 0.543. The van der Waals surface area contributed by atoms with Crippen molar-refractivity contribution in [2.24, 2.45) is 0 Å². The van der Waals surface area contributed by atoms with Gasteiger partial charge in [-0.3, -0.25) is 4.79 Å². The lowest BCUT2D eigenvalue weighted by Crippen LogP contribution is -2.72. The lowest BCUT2D eigenvalue weighted by molar-refractivity contribution is -0.451. The summed E-state index contributed by atoms with van der Waals surface area (Å²) in [5.74, 6) is -52.2. The van der Waals surface area contributed by atoms with Crippen LogP contribution in [0.2, 0.25) is 19.6 Å². The van der Waals surface area contributed by atoms with E-state index >= 15 is 0 Å². The summed E-state index contributed by atoms with van der Waals surface area (Å²) in [4.78, 5) is 12.2. The van der Waals surface area contributed by atoms with Crippen molar-refractivity contribution >= 4 is 14.1 Å². The Kier molecular flexibility index (Phi) is 8.30. The second-order valence-electron chi connectivity index (χ2n) is 8.40. The largest absolute Gasteiger partial charge is 0.543 e. The Morgan fingerprint density at radius 2 is 1.03 bits per heavy atom. The quantitative estimate of drug-likeness (QED) is 0.0912. The fraction of sp³-hybridized carbons (Fsp3) is 0.526. The fourth-order valence-corrected chi connectivity index (χ4v) is 3.29. The predicted molar refractivity (Wildman–Crippen MR) is 99.0 cm³/mol. The van der Waals surface area contributed by atoms with E-state index in [2.05, 4.69) is 4.43 Å². The van der Waals surface area contributed by atoms with Crippen molar-refractivity contribution in [2.45, 2.75) is 61.4 Å². The molecule has 0 aliphatic heterocycles. The van der Waals surface area contributed by atoms with Crippen LogP contribution in [-0.4, -0.2) is 55.8 Å². The molecule has 1 aromatic rings. The van der Waals surface area contributed by atoms with Gasteiger partial charge in [-0.2, -0.15) is 65.9 Å². The highest BCUT2D eigenvalue weighted by Crippen LogP contribution is 2.63. The van der Waals surface area contributed by atoms with Crippen LogP contribution in [0.25, 0.3) is 0 Å². The number of benzene rings is 1. The van der Waals surface area contributed by atoms with Crippen LogP contribution in [0, 0.1) is 0 Å². The number of alkyl halides is 15. The molecule has 0 atom stereocenters. The van der Waals surface area contributed by atoms with E-state index in [0.29, 0.717) is 0 Å². The molecule has 0 fully saturated rings. The zero-order chi connectivity index (χ0) is 29.7. The van der Waals surface area contributed by atoms with Gasteiger partial charge in [-0.05, 0) is 19.6 Å². The summed E-state index contributed by atoms with van der Waals surface area (Å²) in [6.45, 7) is 2.81. The molecule has 0 N–H and O–H groups in total. The molecular formula is C19H15F15O2Si. The monoisotopic (exact) mass is 588 g/mol. The molecule has 0 amide bonds. The van der Waals surface area contributed by atoms with Crippen LogP contribution in [-0.2, 0) is 4.43 Å². The summed E-state index contributed by atoms with van der Waals surface area (Å²) >= 11 is 0. The molecule has 18 heteroatoms. The molecule has 0 aromatic heterocycles. The molecule has 0 radical (unpaired) electrons. The molecule has 37 heavy (non-hydrogen) atoms. The fourth-order valence-electron chi connectivity index (χ4n) is 2.44. The molecule has 212 valence electrons. The molecule has 0 unspecified atom stereocenters. The number of rotatable bonds is 10. The van der Waals surface area contributed by atoms with Crippen molar-refractivity contribution in [1.82, 2.24) is 0 Å². The zero-order valence-corrected chi connectivity index (χ0v) is 19.5. The Balaban J connectivity index is 3.80. The first-order valence-electron chi connectivity index (χ1n) is 9.44. The number of allylic oxidation sites excluding steroid dienone is 2. The van der Waals surface area contributed by atoms with Gasteiger partial charge in [0.2, 0.25) is 8.32 Å². The van der Waals surface area contributed by atoms with Gasteiger partial charge in [0.1, 0.15) is 0 Å². The highest BCUT2D eigenvalue weighted by molar-refractivity contribution is 6.70. The minimum atomic E-state index is -8.43. The van der Waals surface area contributed by atoms with E-state index in [4.69, 9.17) is 0 Å². The van der Waals surface area contributed by atoms with E-state index in [9.17, 15) is 70.7 Å². The van der Waals surface area contributed by atoms with E-state index in [1.165, 1.54) is 6.07 Å².